The first-order valence-electron chi connectivity index (χ1n) is 7.41. The Labute approximate surface area is 139 Å². The number of carbonyl (C=O) groups is 1. The monoisotopic (exact) mass is 331 g/mol. The van der Waals surface area contributed by atoms with Crippen LogP contribution in [0.25, 0.3) is 11.3 Å². The number of rotatable bonds is 2. The van der Waals surface area contributed by atoms with Crippen molar-refractivity contribution in [1.82, 2.24) is 19.8 Å². The van der Waals surface area contributed by atoms with Crippen LogP contribution in [0.2, 0.25) is 5.02 Å². The summed E-state index contributed by atoms with van der Waals surface area (Å²) in [5.74, 6) is 0.0304. The zero-order valence-corrected chi connectivity index (χ0v) is 13.6. The summed E-state index contributed by atoms with van der Waals surface area (Å²) in [5.41, 5.74) is 7.30. The molecule has 2 aromatic rings. The van der Waals surface area contributed by atoms with Gasteiger partial charge in [0.25, 0.3) is 5.91 Å². The predicted molar refractivity (Wildman–Crippen MR) is 90.3 cm³/mol. The van der Waals surface area contributed by atoms with Gasteiger partial charge in [-0.3, -0.25) is 4.79 Å². The molecule has 6 nitrogen and oxygen atoms in total. The number of amides is 1. The van der Waals surface area contributed by atoms with Crippen molar-refractivity contribution in [3.63, 3.8) is 0 Å². The second-order valence-corrected chi connectivity index (χ2v) is 5.97. The van der Waals surface area contributed by atoms with Gasteiger partial charge in [0, 0.05) is 43.0 Å². The fraction of sp³-hybridized carbons (Fsp3) is 0.312. The van der Waals surface area contributed by atoms with Gasteiger partial charge in [-0.05, 0) is 13.1 Å². The Morgan fingerprint density at radius 2 is 1.91 bits per heavy atom. The van der Waals surface area contributed by atoms with Crippen LogP contribution in [0.3, 0.4) is 0 Å². The van der Waals surface area contributed by atoms with Crippen molar-refractivity contribution in [2.45, 2.75) is 0 Å². The summed E-state index contributed by atoms with van der Waals surface area (Å²) >= 11 is 6.26. The second kappa shape index (κ2) is 6.52. The summed E-state index contributed by atoms with van der Waals surface area (Å²) < 4.78 is 0. The number of aromatic nitrogens is 2. The molecule has 1 aliphatic rings. The van der Waals surface area contributed by atoms with Gasteiger partial charge in [-0.2, -0.15) is 0 Å². The summed E-state index contributed by atoms with van der Waals surface area (Å²) in [5, 5.41) is 0.526. The Morgan fingerprint density at radius 1 is 1.22 bits per heavy atom. The number of piperazine rings is 1. The highest BCUT2D eigenvalue weighted by Gasteiger charge is 2.24. The Bertz CT molecular complexity index is 728. The molecule has 0 bridgehead atoms. The van der Waals surface area contributed by atoms with Crippen LogP contribution in [0.4, 0.5) is 5.95 Å². The van der Waals surface area contributed by atoms with Crippen LogP contribution in [-0.2, 0) is 0 Å². The predicted octanol–water partition coefficient (Wildman–Crippen LogP) is 1.77. The van der Waals surface area contributed by atoms with Gasteiger partial charge in [-0.15, -0.1) is 0 Å². The van der Waals surface area contributed by atoms with E-state index in [9.17, 15) is 4.79 Å². The first-order valence-corrected chi connectivity index (χ1v) is 7.79. The Hall–Kier alpha value is -2.18. The van der Waals surface area contributed by atoms with Gasteiger partial charge in [0.15, 0.2) is 0 Å². The molecule has 0 saturated carbocycles. The van der Waals surface area contributed by atoms with Crippen molar-refractivity contribution in [1.29, 1.82) is 0 Å². The van der Waals surface area contributed by atoms with E-state index in [-0.39, 0.29) is 11.9 Å². The van der Waals surface area contributed by atoms with Crippen LogP contribution < -0.4 is 5.73 Å². The van der Waals surface area contributed by atoms with Gasteiger partial charge >= 0.3 is 0 Å². The van der Waals surface area contributed by atoms with E-state index in [2.05, 4.69) is 14.9 Å². The highest BCUT2D eigenvalue weighted by Crippen LogP contribution is 2.29. The average Bonchev–Trinajstić information content (AvgIpc) is 2.55. The van der Waals surface area contributed by atoms with Crippen LogP contribution in [0.5, 0.6) is 0 Å². The molecule has 0 atom stereocenters. The molecule has 2 heterocycles. The summed E-state index contributed by atoms with van der Waals surface area (Å²) in [6.45, 7) is 3.06. The summed E-state index contributed by atoms with van der Waals surface area (Å²) in [7, 11) is 2.04. The quantitative estimate of drug-likeness (QED) is 0.907. The van der Waals surface area contributed by atoms with Crippen molar-refractivity contribution in [3.8, 4) is 11.3 Å². The lowest BCUT2D eigenvalue weighted by molar-refractivity contribution is 0.0664. The highest BCUT2D eigenvalue weighted by molar-refractivity contribution is 6.33. The number of hydrogen-bond donors (Lipinski definition) is 1. The van der Waals surface area contributed by atoms with Crippen LogP contribution in [0.15, 0.2) is 30.5 Å². The highest BCUT2D eigenvalue weighted by atomic mass is 35.5. The molecule has 1 amide bonds. The zero-order chi connectivity index (χ0) is 16.4. The molecule has 0 radical (unpaired) electrons. The molecule has 120 valence electrons. The fourth-order valence-corrected chi connectivity index (χ4v) is 2.82. The largest absolute Gasteiger partial charge is 0.368 e. The molecule has 1 saturated heterocycles. The van der Waals surface area contributed by atoms with Crippen molar-refractivity contribution in [2.24, 2.45) is 0 Å². The van der Waals surface area contributed by atoms with Gasteiger partial charge in [0.1, 0.15) is 0 Å². The minimum absolute atomic E-state index is 0.0898. The number of likely N-dealkylation sites (N-methyl/N-ethyl adjacent to an activating group) is 1. The zero-order valence-electron chi connectivity index (χ0n) is 12.9. The van der Waals surface area contributed by atoms with Gasteiger partial charge in [-0.1, -0.05) is 29.8 Å². The maximum absolute atomic E-state index is 12.9. The Balaban J connectivity index is 2.00. The van der Waals surface area contributed by atoms with E-state index in [1.54, 1.807) is 6.07 Å². The van der Waals surface area contributed by atoms with Crippen molar-refractivity contribution < 1.29 is 4.79 Å². The minimum Gasteiger partial charge on any atom is -0.368 e. The van der Waals surface area contributed by atoms with Gasteiger partial charge in [0.05, 0.1) is 11.3 Å². The molecule has 1 aromatic heterocycles. The lowest BCUT2D eigenvalue weighted by Gasteiger charge is -2.32. The minimum atomic E-state index is -0.0898. The smallest absolute Gasteiger partial charge is 0.257 e. The Kier molecular flexibility index (Phi) is 4.45. The third-order valence-electron chi connectivity index (χ3n) is 3.96. The van der Waals surface area contributed by atoms with Crippen LogP contribution in [-0.4, -0.2) is 58.9 Å². The summed E-state index contributed by atoms with van der Waals surface area (Å²) in [4.78, 5) is 25.1. The number of nitrogens with zero attached hydrogens (tertiary/aromatic N) is 4. The Morgan fingerprint density at radius 3 is 2.61 bits per heavy atom. The third kappa shape index (κ3) is 3.28. The molecule has 0 unspecified atom stereocenters. The number of nitrogen functional groups attached to an aromatic ring is 1. The molecule has 1 aromatic carbocycles. The van der Waals surface area contributed by atoms with Crippen LogP contribution in [0, 0.1) is 0 Å². The number of hydrogen-bond acceptors (Lipinski definition) is 5. The van der Waals surface area contributed by atoms with Gasteiger partial charge in [-0.25, -0.2) is 9.97 Å². The second-order valence-electron chi connectivity index (χ2n) is 5.57. The molecule has 3 rings (SSSR count). The maximum atomic E-state index is 12.9. The lowest BCUT2D eigenvalue weighted by Crippen LogP contribution is -2.47. The molecule has 0 aliphatic carbocycles. The van der Waals surface area contributed by atoms with Crippen LogP contribution >= 0.6 is 11.6 Å². The average molecular weight is 332 g/mol. The first kappa shape index (κ1) is 15.7. The van der Waals surface area contributed by atoms with Gasteiger partial charge < -0.3 is 15.5 Å². The number of nitrogens with two attached hydrogens (primary N) is 1. The topological polar surface area (TPSA) is 75.3 Å². The summed E-state index contributed by atoms with van der Waals surface area (Å²) in [6.07, 6.45) is 1.49. The molecule has 1 aliphatic heterocycles. The van der Waals surface area contributed by atoms with Crippen molar-refractivity contribution >= 4 is 23.5 Å². The van der Waals surface area contributed by atoms with E-state index < -0.39 is 0 Å². The van der Waals surface area contributed by atoms with E-state index in [1.165, 1.54) is 6.20 Å². The van der Waals surface area contributed by atoms with Crippen molar-refractivity contribution in [3.05, 3.63) is 41.0 Å². The first-order chi connectivity index (χ1) is 11.1. The molecular weight excluding hydrogens is 314 g/mol. The standard InChI is InChI=1S/C16H18ClN5O/c1-21-6-8-22(9-7-21)15(23)12-10-19-16(18)20-14(12)11-4-2-3-5-13(11)17/h2-5,10H,6-9H2,1H3,(H2,18,19,20). The van der Waals surface area contributed by atoms with Gasteiger partial charge in [0.2, 0.25) is 5.95 Å². The number of carbonyl (C=O) groups excluding carboxylic acids is 1. The van der Waals surface area contributed by atoms with E-state index in [0.29, 0.717) is 34.9 Å². The van der Waals surface area contributed by atoms with E-state index in [0.717, 1.165) is 13.1 Å². The summed E-state index contributed by atoms with van der Waals surface area (Å²) in [6, 6.07) is 7.27. The van der Waals surface area contributed by atoms with E-state index in [4.69, 9.17) is 17.3 Å². The fourth-order valence-electron chi connectivity index (χ4n) is 2.59. The van der Waals surface area contributed by atoms with Crippen molar-refractivity contribution in [2.75, 3.05) is 39.0 Å². The number of benzene rings is 1. The number of anilines is 1. The van der Waals surface area contributed by atoms with Crippen LogP contribution in [0.1, 0.15) is 10.4 Å². The molecule has 23 heavy (non-hydrogen) atoms. The molecule has 2 N–H and O–H groups in total. The third-order valence-corrected chi connectivity index (χ3v) is 4.29. The van der Waals surface area contributed by atoms with E-state index >= 15 is 0 Å². The van der Waals surface area contributed by atoms with E-state index in [1.807, 2.05) is 30.1 Å². The lowest BCUT2D eigenvalue weighted by atomic mass is 10.1. The SMILES string of the molecule is CN1CCN(C(=O)c2cnc(N)nc2-c2ccccc2Cl)CC1. The normalized spacial score (nSPS) is 15.7. The number of halogens is 1. The maximum Gasteiger partial charge on any atom is 0.257 e. The molecular formula is C16H18ClN5O. The molecule has 0 spiro atoms. The molecule has 1 fully saturated rings. The molecule has 7 heteroatoms.